The van der Waals surface area contributed by atoms with Crippen LogP contribution >= 0.6 is 11.8 Å². The smallest absolute Gasteiger partial charge is 0.327 e. The first-order valence-electron chi connectivity index (χ1n) is 7.20. The first-order valence-corrected chi connectivity index (χ1v) is 8.25. The van der Waals surface area contributed by atoms with Crippen molar-refractivity contribution in [3.63, 3.8) is 0 Å². The van der Waals surface area contributed by atoms with E-state index >= 15 is 0 Å². The molecule has 106 valence electrons. The highest BCUT2D eigenvalue weighted by Gasteiger charge is 2.52. The van der Waals surface area contributed by atoms with Crippen molar-refractivity contribution in [1.29, 1.82) is 0 Å². The minimum atomic E-state index is -0.842. The molecular weight excluding hydrogens is 262 g/mol. The molecule has 0 aromatic carbocycles. The van der Waals surface area contributed by atoms with Crippen LogP contribution in [0, 0.1) is 11.3 Å². The van der Waals surface area contributed by atoms with Crippen molar-refractivity contribution >= 4 is 23.6 Å². The van der Waals surface area contributed by atoms with Gasteiger partial charge in [0.2, 0.25) is 5.91 Å². The monoisotopic (exact) mass is 283 g/mol. The number of amides is 1. The first kappa shape index (κ1) is 13.3. The van der Waals surface area contributed by atoms with E-state index in [9.17, 15) is 14.7 Å². The van der Waals surface area contributed by atoms with Gasteiger partial charge in [0.25, 0.3) is 0 Å². The van der Waals surface area contributed by atoms with E-state index in [1.165, 1.54) is 0 Å². The third-order valence-corrected chi connectivity index (χ3v) is 6.26. The van der Waals surface area contributed by atoms with Gasteiger partial charge in [-0.1, -0.05) is 19.8 Å². The van der Waals surface area contributed by atoms with Gasteiger partial charge < -0.3 is 10.0 Å². The lowest BCUT2D eigenvalue weighted by molar-refractivity contribution is -0.154. The van der Waals surface area contributed by atoms with Crippen molar-refractivity contribution in [3.05, 3.63) is 0 Å². The number of carboxylic acids is 1. The van der Waals surface area contributed by atoms with Gasteiger partial charge in [0.05, 0.1) is 5.37 Å². The number of rotatable bonds is 3. The summed E-state index contributed by atoms with van der Waals surface area (Å²) in [7, 11) is 0. The number of hydrogen-bond acceptors (Lipinski definition) is 3. The second-order valence-corrected chi connectivity index (χ2v) is 7.55. The van der Waals surface area contributed by atoms with Crippen molar-refractivity contribution in [2.75, 3.05) is 5.75 Å². The second-order valence-electron chi connectivity index (χ2n) is 6.40. The molecule has 3 fully saturated rings. The Balaban J connectivity index is 1.84. The van der Waals surface area contributed by atoms with Crippen molar-refractivity contribution < 1.29 is 14.7 Å². The summed E-state index contributed by atoms with van der Waals surface area (Å²) in [6.45, 7) is 2.02. The highest BCUT2D eigenvalue weighted by molar-refractivity contribution is 8.00. The highest BCUT2D eigenvalue weighted by Crippen LogP contribution is 2.48. The summed E-state index contributed by atoms with van der Waals surface area (Å²) in [5, 5.41) is 9.49. The second kappa shape index (κ2) is 4.69. The van der Waals surface area contributed by atoms with Gasteiger partial charge in [-0.3, -0.25) is 4.79 Å². The normalized spacial score (nSPS) is 33.6. The maximum absolute atomic E-state index is 12.9. The molecule has 3 aliphatic rings. The Labute approximate surface area is 117 Å². The van der Waals surface area contributed by atoms with Crippen molar-refractivity contribution in [3.8, 4) is 0 Å². The molecule has 3 rings (SSSR count). The zero-order valence-electron chi connectivity index (χ0n) is 11.3. The van der Waals surface area contributed by atoms with Crippen LogP contribution in [0.15, 0.2) is 0 Å². The van der Waals surface area contributed by atoms with Crippen molar-refractivity contribution in [2.24, 2.45) is 11.3 Å². The van der Waals surface area contributed by atoms with E-state index < -0.39 is 12.0 Å². The number of carboxylic acid groups (broad SMARTS) is 1. The summed E-state index contributed by atoms with van der Waals surface area (Å²) in [5.41, 5.74) is -0.314. The molecule has 1 N–H and O–H groups in total. The molecule has 1 heterocycles. The molecule has 0 aromatic heterocycles. The minimum Gasteiger partial charge on any atom is -0.480 e. The molecule has 1 aliphatic heterocycles. The molecule has 0 radical (unpaired) electrons. The fourth-order valence-electron chi connectivity index (χ4n) is 3.40. The molecular formula is C14H21NO3S. The molecule has 5 heteroatoms. The Kier molecular flexibility index (Phi) is 3.28. The van der Waals surface area contributed by atoms with E-state index in [1.54, 1.807) is 16.7 Å². The van der Waals surface area contributed by atoms with Crippen LogP contribution in [0.4, 0.5) is 0 Å². The number of nitrogens with zero attached hydrogens (tertiary/aromatic N) is 1. The van der Waals surface area contributed by atoms with E-state index in [0.717, 1.165) is 38.5 Å². The van der Waals surface area contributed by atoms with Gasteiger partial charge >= 0.3 is 5.97 Å². The molecule has 1 amide bonds. The Hall–Kier alpha value is -0.710. The van der Waals surface area contributed by atoms with Crippen LogP contribution in [0.25, 0.3) is 0 Å². The zero-order valence-corrected chi connectivity index (χ0v) is 12.1. The van der Waals surface area contributed by atoms with Gasteiger partial charge in [-0.15, -0.1) is 11.8 Å². The maximum atomic E-state index is 12.9. The molecule has 2 aliphatic carbocycles. The van der Waals surface area contributed by atoms with E-state index in [-0.39, 0.29) is 16.7 Å². The molecule has 2 atom stereocenters. The molecule has 1 saturated heterocycles. The summed E-state index contributed by atoms with van der Waals surface area (Å²) in [4.78, 5) is 26.0. The predicted octanol–water partition coefficient (Wildman–Crippen LogP) is 2.33. The van der Waals surface area contributed by atoms with Crippen LogP contribution in [-0.4, -0.2) is 39.1 Å². The summed E-state index contributed by atoms with van der Waals surface area (Å²) in [6.07, 6.45) is 6.30. The van der Waals surface area contributed by atoms with Gasteiger partial charge in [-0.2, -0.15) is 0 Å². The summed E-state index contributed by atoms with van der Waals surface area (Å²) in [5.74, 6) is 0.339. The highest BCUT2D eigenvalue weighted by atomic mass is 32.2. The third-order valence-electron chi connectivity index (χ3n) is 4.80. The Morgan fingerprint density at radius 1 is 1.26 bits per heavy atom. The Morgan fingerprint density at radius 3 is 2.42 bits per heavy atom. The van der Waals surface area contributed by atoms with Gasteiger partial charge in [0.15, 0.2) is 0 Å². The summed E-state index contributed by atoms with van der Waals surface area (Å²) >= 11 is 1.67. The van der Waals surface area contributed by atoms with Crippen LogP contribution in [0.3, 0.4) is 0 Å². The van der Waals surface area contributed by atoms with Crippen molar-refractivity contribution in [1.82, 2.24) is 4.90 Å². The molecule has 2 saturated carbocycles. The standard InChI is InChI=1S/C14H21NO3S/c1-14(6-2-3-7-14)13(18)15-10(12(16)17)8-19-11(15)9-4-5-9/h9-11H,2-8H2,1H3,(H,16,17). The Bertz CT molecular complexity index is 401. The Morgan fingerprint density at radius 2 is 1.89 bits per heavy atom. The first-order chi connectivity index (χ1) is 9.03. The maximum Gasteiger partial charge on any atom is 0.327 e. The number of hydrogen-bond donors (Lipinski definition) is 1. The molecule has 2 unspecified atom stereocenters. The average molecular weight is 283 g/mol. The van der Waals surface area contributed by atoms with Gasteiger partial charge in [-0.05, 0) is 31.6 Å². The van der Waals surface area contributed by atoms with Crippen LogP contribution < -0.4 is 0 Å². The van der Waals surface area contributed by atoms with E-state index in [0.29, 0.717) is 11.7 Å². The quantitative estimate of drug-likeness (QED) is 0.863. The van der Waals surface area contributed by atoms with Crippen LogP contribution in [0.2, 0.25) is 0 Å². The molecule has 0 bridgehead atoms. The lowest BCUT2D eigenvalue weighted by Crippen LogP contribution is -2.51. The lowest BCUT2D eigenvalue weighted by Gasteiger charge is -2.34. The minimum absolute atomic E-state index is 0.0966. The van der Waals surface area contributed by atoms with Crippen LogP contribution in [0.1, 0.15) is 45.4 Å². The van der Waals surface area contributed by atoms with Crippen LogP contribution in [-0.2, 0) is 9.59 Å². The van der Waals surface area contributed by atoms with E-state index in [4.69, 9.17) is 0 Å². The SMILES string of the molecule is CC1(C(=O)N2C(C(=O)O)CSC2C2CC2)CCCC1. The summed E-state index contributed by atoms with van der Waals surface area (Å²) < 4.78 is 0. The van der Waals surface area contributed by atoms with E-state index in [2.05, 4.69) is 0 Å². The van der Waals surface area contributed by atoms with Crippen LogP contribution in [0.5, 0.6) is 0 Å². The number of carbonyl (C=O) groups is 2. The fourth-order valence-corrected chi connectivity index (χ4v) is 5.03. The molecule has 19 heavy (non-hydrogen) atoms. The predicted molar refractivity (Wildman–Crippen MR) is 73.8 cm³/mol. The van der Waals surface area contributed by atoms with Gasteiger partial charge in [0, 0.05) is 11.2 Å². The third kappa shape index (κ3) is 2.26. The molecule has 0 aromatic rings. The average Bonchev–Trinajstić information content (AvgIpc) is 2.96. The zero-order chi connectivity index (χ0) is 13.6. The largest absolute Gasteiger partial charge is 0.480 e. The molecule has 0 spiro atoms. The lowest BCUT2D eigenvalue weighted by atomic mass is 9.86. The molecule has 4 nitrogen and oxygen atoms in total. The van der Waals surface area contributed by atoms with Gasteiger partial charge in [0.1, 0.15) is 6.04 Å². The summed E-state index contributed by atoms with van der Waals surface area (Å²) in [6, 6.07) is -0.611. The number of aliphatic carboxylic acids is 1. The van der Waals surface area contributed by atoms with Gasteiger partial charge in [-0.25, -0.2) is 4.79 Å². The topological polar surface area (TPSA) is 57.6 Å². The van der Waals surface area contributed by atoms with E-state index in [1.807, 2.05) is 6.92 Å². The van der Waals surface area contributed by atoms with Crippen molar-refractivity contribution in [2.45, 2.75) is 56.9 Å². The number of carbonyl (C=O) groups excluding carboxylic acids is 1. The number of thioether (sulfide) groups is 1. The fraction of sp³-hybridized carbons (Fsp3) is 0.857.